The normalized spacial score (nSPS) is 23.7. The number of aromatic amines is 2. The number of carbonyl (C=O) groups is 4. The molecule has 4 aliphatic rings. The highest BCUT2D eigenvalue weighted by atomic mass is 16.6. The number of ether oxygens (including phenoxy) is 2. The van der Waals surface area contributed by atoms with Gasteiger partial charge in [0.05, 0.1) is 35.9 Å². The summed E-state index contributed by atoms with van der Waals surface area (Å²) in [5.74, 6) is 1.94. The van der Waals surface area contributed by atoms with Gasteiger partial charge >= 0.3 is 12.2 Å². The van der Waals surface area contributed by atoms with Gasteiger partial charge in [0.2, 0.25) is 11.8 Å². The van der Waals surface area contributed by atoms with Crippen LogP contribution in [-0.2, 0) is 19.1 Å². The minimum absolute atomic E-state index is 0.100. The SMILES string of the molecule is CC(C)C(NC(=O)OC(C)(C)C)C(=O)N1[C@@H]2C[C@@H]2C[C@H]1c1ncc(-c2ccc(-c3ccc(-c4cnc([C@@H]5C[C@H]6C[C@H]6N5C(=O)[C@H](NC(=O)OC(C)(C)C)C(C)C)[nH]4)cc3)cc2)[nH]1. The van der Waals surface area contributed by atoms with E-state index in [0.29, 0.717) is 11.8 Å². The van der Waals surface area contributed by atoms with E-state index in [4.69, 9.17) is 19.4 Å². The van der Waals surface area contributed by atoms with Crippen LogP contribution in [0.5, 0.6) is 0 Å². The highest BCUT2D eigenvalue weighted by molar-refractivity contribution is 5.88. The Balaban J connectivity index is 0.915. The molecule has 2 aliphatic carbocycles. The first-order chi connectivity index (χ1) is 29.2. The second kappa shape index (κ2) is 16.2. The Morgan fingerprint density at radius 1 is 0.581 bits per heavy atom. The lowest BCUT2D eigenvalue weighted by Crippen LogP contribution is -2.52. The number of H-pyrrole nitrogens is 2. The Hall–Kier alpha value is -5.66. The maximum atomic E-state index is 14.0. The summed E-state index contributed by atoms with van der Waals surface area (Å²) >= 11 is 0. The van der Waals surface area contributed by atoms with Crippen molar-refractivity contribution >= 4 is 24.0 Å². The van der Waals surface area contributed by atoms with Crippen LogP contribution in [-0.4, -0.2) is 89.1 Å². The summed E-state index contributed by atoms with van der Waals surface area (Å²) in [5, 5.41) is 5.69. The fraction of sp³-hybridized carbons (Fsp3) is 0.542. The van der Waals surface area contributed by atoms with E-state index in [1.165, 1.54) is 0 Å². The quantitative estimate of drug-likeness (QED) is 0.116. The van der Waals surface area contributed by atoms with E-state index < -0.39 is 35.5 Å². The van der Waals surface area contributed by atoms with Crippen molar-refractivity contribution in [2.24, 2.45) is 23.7 Å². The number of rotatable bonds is 11. The highest BCUT2D eigenvalue weighted by Crippen LogP contribution is 2.54. The topological polar surface area (TPSA) is 175 Å². The van der Waals surface area contributed by atoms with Crippen molar-refractivity contribution in [3.63, 3.8) is 0 Å². The number of amides is 4. The van der Waals surface area contributed by atoms with Gasteiger partial charge in [-0.05, 0) is 113 Å². The van der Waals surface area contributed by atoms with Crippen LogP contribution < -0.4 is 10.6 Å². The van der Waals surface area contributed by atoms with Crippen LogP contribution in [0, 0.1) is 23.7 Å². The Morgan fingerprint density at radius 2 is 0.919 bits per heavy atom. The molecule has 2 aromatic carbocycles. The van der Waals surface area contributed by atoms with Gasteiger partial charge in [-0.15, -0.1) is 0 Å². The Kier molecular flexibility index (Phi) is 11.3. The number of imidazole rings is 2. The summed E-state index contributed by atoms with van der Waals surface area (Å²) in [4.78, 5) is 73.9. The summed E-state index contributed by atoms with van der Waals surface area (Å²) in [6, 6.07) is 15.2. The molecule has 4 heterocycles. The van der Waals surface area contributed by atoms with E-state index in [1.807, 2.05) is 49.9 Å². The molecule has 4 N–H and O–H groups in total. The molecule has 0 bridgehead atoms. The number of aromatic nitrogens is 4. The second-order valence-corrected chi connectivity index (χ2v) is 20.4. The van der Waals surface area contributed by atoms with Crippen LogP contribution in [0.3, 0.4) is 0 Å². The van der Waals surface area contributed by atoms with Crippen molar-refractivity contribution in [2.75, 3.05) is 0 Å². The Bertz CT molecular complexity index is 2140. The summed E-state index contributed by atoms with van der Waals surface area (Å²) in [6.07, 6.45) is 6.09. The Morgan fingerprint density at radius 3 is 1.24 bits per heavy atom. The van der Waals surface area contributed by atoms with Gasteiger partial charge in [0.1, 0.15) is 34.9 Å². The van der Waals surface area contributed by atoms with E-state index in [1.54, 1.807) is 41.5 Å². The lowest BCUT2D eigenvalue weighted by Gasteiger charge is -2.32. The molecule has 14 heteroatoms. The first-order valence-corrected chi connectivity index (χ1v) is 22.2. The summed E-state index contributed by atoms with van der Waals surface area (Å²) < 4.78 is 11.0. The largest absolute Gasteiger partial charge is 0.444 e. The van der Waals surface area contributed by atoms with E-state index in [-0.39, 0.29) is 47.8 Å². The van der Waals surface area contributed by atoms with E-state index in [2.05, 4.69) is 69.1 Å². The fourth-order valence-corrected chi connectivity index (χ4v) is 9.24. The fourth-order valence-electron chi connectivity index (χ4n) is 9.24. The molecule has 62 heavy (non-hydrogen) atoms. The van der Waals surface area contributed by atoms with E-state index in [0.717, 1.165) is 71.0 Å². The van der Waals surface area contributed by atoms with Crippen molar-refractivity contribution in [1.29, 1.82) is 0 Å². The van der Waals surface area contributed by atoms with Crippen molar-refractivity contribution in [3.8, 4) is 33.6 Å². The molecule has 8 atom stereocenters. The van der Waals surface area contributed by atoms with Gasteiger partial charge in [0.15, 0.2) is 0 Å². The van der Waals surface area contributed by atoms with Crippen LogP contribution in [0.15, 0.2) is 60.9 Å². The van der Waals surface area contributed by atoms with Crippen LogP contribution in [0.4, 0.5) is 9.59 Å². The predicted molar refractivity (Wildman–Crippen MR) is 235 cm³/mol. The molecule has 14 nitrogen and oxygen atoms in total. The molecule has 4 fully saturated rings. The number of alkyl carbamates (subject to hydrolysis) is 2. The molecule has 2 saturated heterocycles. The van der Waals surface area contributed by atoms with Gasteiger partial charge in [-0.2, -0.15) is 0 Å². The number of hydrogen-bond donors (Lipinski definition) is 4. The second-order valence-electron chi connectivity index (χ2n) is 20.4. The molecular formula is C48H62N8O6. The number of fused-ring (bicyclic) bond motifs is 2. The molecule has 4 aromatic rings. The molecule has 0 radical (unpaired) electrons. The van der Waals surface area contributed by atoms with Gasteiger partial charge in [-0.25, -0.2) is 19.6 Å². The lowest BCUT2D eigenvalue weighted by atomic mass is 10.0. The van der Waals surface area contributed by atoms with Crippen LogP contribution in [0.1, 0.15) is 119 Å². The monoisotopic (exact) mass is 846 g/mol. The number of carbonyl (C=O) groups excluding carboxylic acids is 4. The summed E-state index contributed by atoms with van der Waals surface area (Å²) in [6.45, 7) is 18.6. The zero-order chi connectivity index (χ0) is 44.4. The molecule has 1 unspecified atom stereocenters. The van der Waals surface area contributed by atoms with Crippen molar-refractivity contribution in [3.05, 3.63) is 72.6 Å². The van der Waals surface area contributed by atoms with E-state index >= 15 is 0 Å². The molecule has 8 rings (SSSR count). The minimum atomic E-state index is -0.703. The summed E-state index contributed by atoms with van der Waals surface area (Å²) in [7, 11) is 0. The highest BCUT2D eigenvalue weighted by Gasteiger charge is 2.57. The zero-order valence-corrected chi connectivity index (χ0v) is 37.6. The standard InChI is InChI=1S/C48H62N8O6/c1-25(2)39(53-45(59)61-47(5,6)7)43(57)55-35-19-31(35)21-37(55)41-49-23-33(51-41)29-15-11-27(12-16-29)28-13-17-30(18-14-28)34-24-50-42(52-34)38-22-32-20-36(32)56(38)44(58)40(26(3)4)54-46(60)62-48(8,9)10/h11-18,23-26,31-32,35-40H,19-22H2,1-10H3,(H,49,51)(H,50,52)(H,53,59)(H,54,60)/t31-,32-,35-,36-,37+,38+,39-,40?/m1/s1. The van der Waals surface area contributed by atoms with E-state index in [9.17, 15) is 19.2 Å². The third-order valence-electron chi connectivity index (χ3n) is 12.5. The molecule has 4 amide bonds. The molecule has 2 aliphatic heterocycles. The number of likely N-dealkylation sites (tertiary alicyclic amines) is 2. The molecule has 330 valence electrons. The first kappa shape index (κ1) is 43.0. The number of piperidine rings is 2. The molecule has 0 spiro atoms. The smallest absolute Gasteiger partial charge is 0.408 e. The van der Waals surface area contributed by atoms with Gasteiger partial charge in [-0.1, -0.05) is 76.2 Å². The number of nitrogens with one attached hydrogen (secondary N) is 4. The molecule has 2 saturated carbocycles. The van der Waals surface area contributed by atoms with Crippen LogP contribution in [0.2, 0.25) is 0 Å². The number of nitrogens with zero attached hydrogens (tertiary/aromatic N) is 4. The Labute approximate surface area is 364 Å². The number of benzene rings is 2. The van der Waals surface area contributed by atoms with Gasteiger partial charge < -0.3 is 39.9 Å². The maximum Gasteiger partial charge on any atom is 0.408 e. The third-order valence-corrected chi connectivity index (χ3v) is 12.5. The zero-order valence-electron chi connectivity index (χ0n) is 37.6. The van der Waals surface area contributed by atoms with Crippen LogP contribution >= 0.6 is 0 Å². The third kappa shape index (κ3) is 9.10. The average Bonchev–Trinajstić information content (AvgIpc) is 3.78. The van der Waals surface area contributed by atoms with Gasteiger partial charge in [0.25, 0.3) is 0 Å². The first-order valence-electron chi connectivity index (χ1n) is 22.2. The van der Waals surface area contributed by atoms with Gasteiger partial charge in [-0.3, -0.25) is 9.59 Å². The average molecular weight is 847 g/mol. The van der Waals surface area contributed by atoms with Crippen molar-refractivity contribution in [1.82, 2.24) is 40.4 Å². The number of hydrogen-bond acceptors (Lipinski definition) is 8. The lowest BCUT2D eigenvalue weighted by molar-refractivity contribution is -0.137. The predicted octanol–water partition coefficient (Wildman–Crippen LogP) is 8.56. The van der Waals surface area contributed by atoms with Gasteiger partial charge in [0, 0.05) is 12.1 Å². The summed E-state index contributed by atoms with van der Waals surface area (Å²) in [5.41, 5.74) is 4.51. The molecular weight excluding hydrogens is 785 g/mol. The van der Waals surface area contributed by atoms with Crippen LogP contribution in [0.25, 0.3) is 33.6 Å². The minimum Gasteiger partial charge on any atom is -0.444 e. The maximum absolute atomic E-state index is 14.0. The molecule has 2 aromatic heterocycles. The van der Waals surface area contributed by atoms with Crippen molar-refractivity contribution < 1.29 is 28.7 Å². The van der Waals surface area contributed by atoms with Crippen molar-refractivity contribution in [2.45, 2.75) is 142 Å².